The number of ether oxygens (including phenoxy) is 2. The number of methoxy groups -OCH3 is 2. The number of nitrogens with one attached hydrogen (secondary N) is 1. The summed E-state index contributed by atoms with van der Waals surface area (Å²) in [5, 5.41) is 3.22. The molecule has 0 aromatic heterocycles. The highest BCUT2D eigenvalue weighted by Crippen LogP contribution is 2.42. The van der Waals surface area contributed by atoms with Gasteiger partial charge < -0.3 is 14.8 Å². The molecule has 0 heterocycles. The van der Waals surface area contributed by atoms with Crippen LogP contribution in [0, 0.1) is 0 Å². The molecule has 2 aromatic carbocycles. The summed E-state index contributed by atoms with van der Waals surface area (Å²) in [7, 11) is 3.14. The number of amides is 1. The highest BCUT2D eigenvalue weighted by Gasteiger charge is 2.40. The van der Waals surface area contributed by atoms with Crippen molar-refractivity contribution in [1.29, 1.82) is 0 Å². The minimum absolute atomic E-state index is 0.123. The molecule has 2 aromatic rings. The molecule has 0 unspecified atom stereocenters. The maximum atomic E-state index is 12.8. The van der Waals surface area contributed by atoms with Crippen molar-refractivity contribution in [2.24, 2.45) is 0 Å². The molecule has 0 saturated heterocycles. The monoisotopic (exact) mass is 389 g/mol. The van der Waals surface area contributed by atoms with Crippen LogP contribution in [0.25, 0.3) is 0 Å². The van der Waals surface area contributed by atoms with E-state index in [1.54, 1.807) is 26.4 Å². The van der Waals surface area contributed by atoms with E-state index in [-0.39, 0.29) is 11.4 Å². The SMILES string of the molecule is COc1cc(C(=O)NC2(c3ccccc3)CCC2)cc(OC)c1Br. The van der Waals surface area contributed by atoms with Crippen LogP contribution in [0.5, 0.6) is 11.5 Å². The molecule has 1 amide bonds. The van der Waals surface area contributed by atoms with Gasteiger partial charge in [0.1, 0.15) is 16.0 Å². The maximum absolute atomic E-state index is 12.8. The van der Waals surface area contributed by atoms with Gasteiger partial charge in [0.25, 0.3) is 5.91 Å². The predicted octanol–water partition coefficient (Wildman–Crippen LogP) is 4.28. The molecule has 1 aliphatic carbocycles. The van der Waals surface area contributed by atoms with Crippen LogP contribution in [0.3, 0.4) is 0 Å². The first-order valence-corrected chi connectivity index (χ1v) is 8.68. The van der Waals surface area contributed by atoms with Crippen molar-refractivity contribution >= 4 is 21.8 Å². The Balaban J connectivity index is 1.90. The second-order valence-corrected chi connectivity index (χ2v) is 6.74. The number of benzene rings is 2. The van der Waals surface area contributed by atoms with E-state index in [0.29, 0.717) is 21.5 Å². The van der Waals surface area contributed by atoms with Gasteiger partial charge in [-0.3, -0.25) is 4.79 Å². The largest absolute Gasteiger partial charge is 0.495 e. The zero-order valence-electron chi connectivity index (χ0n) is 13.8. The zero-order chi connectivity index (χ0) is 17.2. The summed E-state index contributed by atoms with van der Waals surface area (Å²) in [4.78, 5) is 12.8. The number of halogens is 1. The van der Waals surface area contributed by atoms with Gasteiger partial charge in [0, 0.05) is 5.56 Å². The molecular formula is C19H20BrNO3. The van der Waals surface area contributed by atoms with Gasteiger partial charge in [-0.15, -0.1) is 0 Å². The summed E-state index contributed by atoms with van der Waals surface area (Å²) in [6, 6.07) is 13.6. The van der Waals surface area contributed by atoms with Crippen LogP contribution >= 0.6 is 15.9 Å². The van der Waals surface area contributed by atoms with Gasteiger partial charge in [-0.1, -0.05) is 30.3 Å². The number of carbonyl (C=O) groups excluding carboxylic acids is 1. The lowest BCUT2D eigenvalue weighted by molar-refractivity contribution is 0.0822. The van der Waals surface area contributed by atoms with Crippen molar-refractivity contribution in [2.45, 2.75) is 24.8 Å². The molecule has 1 saturated carbocycles. The summed E-state index contributed by atoms with van der Waals surface area (Å²) < 4.78 is 11.4. The Kier molecular flexibility index (Phi) is 4.81. The molecule has 4 nitrogen and oxygen atoms in total. The fourth-order valence-electron chi connectivity index (χ4n) is 3.06. The van der Waals surface area contributed by atoms with Gasteiger partial charge in [0.15, 0.2) is 0 Å². The fraction of sp³-hybridized carbons (Fsp3) is 0.316. The lowest BCUT2D eigenvalue weighted by Crippen LogP contribution is -2.50. The molecule has 0 atom stereocenters. The smallest absolute Gasteiger partial charge is 0.252 e. The Morgan fingerprint density at radius 1 is 1.08 bits per heavy atom. The molecule has 3 rings (SSSR count). The zero-order valence-corrected chi connectivity index (χ0v) is 15.4. The number of rotatable bonds is 5. The molecule has 1 fully saturated rings. The molecule has 1 aliphatic rings. The fourth-order valence-corrected chi connectivity index (χ4v) is 3.62. The third-order valence-corrected chi connectivity index (χ3v) is 5.38. The van der Waals surface area contributed by atoms with Crippen LogP contribution in [0.4, 0.5) is 0 Å². The van der Waals surface area contributed by atoms with Crippen molar-refractivity contribution in [3.8, 4) is 11.5 Å². The first kappa shape index (κ1) is 16.8. The van der Waals surface area contributed by atoms with E-state index in [2.05, 4.69) is 33.4 Å². The molecule has 0 aliphatic heterocycles. The van der Waals surface area contributed by atoms with Gasteiger partial charge in [0.2, 0.25) is 0 Å². The predicted molar refractivity (Wildman–Crippen MR) is 96.7 cm³/mol. The highest BCUT2D eigenvalue weighted by molar-refractivity contribution is 9.10. The van der Waals surface area contributed by atoms with Crippen molar-refractivity contribution < 1.29 is 14.3 Å². The summed E-state index contributed by atoms with van der Waals surface area (Å²) in [6.45, 7) is 0. The summed E-state index contributed by atoms with van der Waals surface area (Å²) in [5.41, 5.74) is 1.40. The highest BCUT2D eigenvalue weighted by atomic mass is 79.9. The number of hydrogen-bond acceptors (Lipinski definition) is 3. The quantitative estimate of drug-likeness (QED) is 0.829. The van der Waals surface area contributed by atoms with Crippen LogP contribution in [0.1, 0.15) is 35.2 Å². The van der Waals surface area contributed by atoms with Crippen LogP contribution < -0.4 is 14.8 Å². The van der Waals surface area contributed by atoms with E-state index in [1.165, 1.54) is 0 Å². The van der Waals surface area contributed by atoms with Crippen molar-refractivity contribution in [3.05, 3.63) is 58.1 Å². The molecular weight excluding hydrogens is 370 g/mol. The lowest BCUT2D eigenvalue weighted by atomic mass is 9.71. The third-order valence-electron chi connectivity index (χ3n) is 4.59. The van der Waals surface area contributed by atoms with E-state index in [9.17, 15) is 4.79 Å². The lowest BCUT2D eigenvalue weighted by Gasteiger charge is -2.43. The van der Waals surface area contributed by atoms with Crippen LogP contribution in [0.2, 0.25) is 0 Å². The Morgan fingerprint density at radius 2 is 1.67 bits per heavy atom. The Bertz CT molecular complexity index is 717. The van der Waals surface area contributed by atoms with Gasteiger partial charge in [0.05, 0.1) is 19.8 Å². The number of carbonyl (C=O) groups is 1. The second kappa shape index (κ2) is 6.85. The molecule has 0 spiro atoms. The number of hydrogen-bond donors (Lipinski definition) is 1. The first-order valence-electron chi connectivity index (χ1n) is 7.89. The van der Waals surface area contributed by atoms with Crippen molar-refractivity contribution in [3.63, 3.8) is 0 Å². The van der Waals surface area contributed by atoms with E-state index in [4.69, 9.17) is 9.47 Å². The molecule has 0 radical (unpaired) electrons. The summed E-state index contributed by atoms with van der Waals surface area (Å²) >= 11 is 3.43. The average Bonchev–Trinajstić information content (AvgIpc) is 2.58. The third kappa shape index (κ3) is 3.00. The van der Waals surface area contributed by atoms with Gasteiger partial charge in [-0.05, 0) is 52.9 Å². The standard InChI is InChI=1S/C19H20BrNO3/c1-23-15-11-13(12-16(24-2)17(15)20)18(22)21-19(9-6-10-19)14-7-4-3-5-8-14/h3-5,7-8,11-12H,6,9-10H2,1-2H3,(H,21,22). The minimum Gasteiger partial charge on any atom is -0.495 e. The molecule has 5 heteroatoms. The molecule has 24 heavy (non-hydrogen) atoms. The van der Waals surface area contributed by atoms with Gasteiger partial charge >= 0.3 is 0 Å². The second-order valence-electron chi connectivity index (χ2n) is 5.95. The summed E-state index contributed by atoms with van der Waals surface area (Å²) in [6.07, 6.45) is 3.02. The minimum atomic E-state index is -0.272. The van der Waals surface area contributed by atoms with Crippen LogP contribution in [0.15, 0.2) is 46.9 Å². The Labute approximate surface area is 150 Å². The Hall–Kier alpha value is -2.01. The van der Waals surface area contributed by atoms with Crippen LogP contribution in [-0.4, -0.2) is 20.1 Å². The van der Waals surface area contributed by atoms with Gasteiger partial charge in [-0.25, -0.2) is 0 Å². The van der Waals surface area contributed by atoms with Crippen molar-refractivity contribution in [2.75, 3.05) is 14.2 Å². The normalized spacial score (nSPS) is 15.3. The van der Waals surface area contributed by atoms with E-state index >= 15 is 0 Å². The maximum Gasteiger partial charge on any atom is 0.252 e. The first-order chi connectivity index (χ1) is 11.6. The van der Waals surface area contributed by atoms with Gasteiger partial charge in [-0.2, -0.15) is 0 Å². The summed E-state index contributed by atoms with van der Waals surface area (Å²) in [5.74, 6) is 1.02. The molecule has 126 valence electrons. The molecule has 1 N–H and O–H groups in total. The van der Waals surface area contributed by atoms with Crippen molar-refractivity contribution in [1.82, 2.24) is 5.32 Å². The topological polar surface area (TPSA) is 47.6 Å². The average molecular weight is 390 g/mol. The van der Waals surface area contributed by atoms with E-state index in [0.717, 1.165) is 24.8 Å². The molecule has 0 bridgehead atoms. The van der Waals surface area contributed by atoms with E-state index < -0.39 is 0 Å². The van der Waals surface area contributed by atoms with Crippen LogP contribution in [-0.2, 0) is 5.54 Å². The van der Waals surface area contributed by atoms with E-state index in [1.807, 2.05) is 18.2 Å². The Morgan fingerprint density at radius 3 is 2.12 bits per heavy atom.